The van der Waals surface area contributed by atoms with Crippen LogP contribution >= 0.6 is 15.9 Å². The van der Waals surface area contributed by atoms with Gasteiger partial charge < -0.3 is 14.8 Å². The molecule has 0 aliphatic carbocycles. The number of rotatable bonds is 6. The molecule has 0 bridgehead atoms. The Morgan fingerprint density at radius 3 is 2.29 bits per heavy atom. The number of hydrogen-bond acceptors (Lipinski definition) is 4. The van der Waals surface area contributed by atoms with Gasteiger partial charge in [-0.15, -0.1) is 0 Å². The van der Waals surface area contributed by atoms with Crippen LogP contribution in [0.25, 0.3) is 0 Å². The Morgan fingerprint density at radius 1 is 1.08 bits per heavy atom. The van der Waals surface area contributed by atoms with Gasteiger partial charge in [-0.05, 0) is 48.9 Å². The van der Waals surface area contributed by atoms with Gasteiger partial charge in [0.1, 0.15) is 5.75 Å². The lowest BCUT2D eigenvalue weighted by atomic mass is 10.1. The highest BCUT2D eigenvalue weighted by Gasteiger charge is 2.13. The van der Waals surface area contributed by atoms with Gasteiger partial charge in [0.2, 0.25) is 0 Å². The molecule has 2 aromatic carbocycles. The first-order valence-electron chi connectivity index (χ1n) is 7.35. The van der Waals surface area contributed by atoms with E-state index in [4.69, 9.17) is 9.47 Å². The highest BCUT2D eigenvalue weighted by atomic mass is 79.9. The van der Waals surface area contributed by atoms with Crippen molar-refractivity contribution >= 4 is 27.8 Å². The number of benzene rings is 2. The van der Waals surface area contributed by atoms with E-state index in [9.17, 15) is 9.59 Å². The fraction of sp³-hybridized carbons (Fsp3) is 0.222. The molecule has 0 heterocycles. The van der Waals surface area contributed by atoms with E-state index < -0.39 is 5.97 Å². The van der Waals surface area contributed by atoms with Crippen molar-refractivity contribution in [1.29, 1.82) is 0 Å². The minimum absolute atomic E-state index is 0.176. The third-order valence-electron chi connectivity index (χ3n) is 3.41. The van der Waals surface area contributed by atoms with Gasteiger partial charge in [0.05, 0.1) is 18.7 Å². The van der Waals surface area contributed by atoms with Crippen LogP contribution in [0.1, 0.15) is 28.9 Å². The molecule has 0 aromatic heterocycles. The van der Waals surface area contributed by atoms with Crippen molar-refractivity contribution in [3.05, 3.63) is 64.1 Å². The number of esters is 1. The fourth-order valence-electron chi connectivity index (χ4n) is 2.06. The van der Waals surface area contributed by atoms with Crippen molar-refractivity contribution in [1.82, 2.24) is 5.32 Å². The summed E-state index contributed by atoms with van der Waals surface area (Å²) in [5.74, 6) is -0.260. The molecule has 0 fully saturated rings. The Hall–Kier alpha value is -2.34. The van der Waals surface area contributed by atoms with E-state index in [2.05, 4.69) is 21.2 Å². The molecular weight excluding hydrogens is 374 g/mol. The summed E-state index contributed by atoms with van der Waals surface area (Å²) in [7, 11) is 1.55. The maximum atomic E-state index is 11.9. The lowest BCUT2D eigenvalue weighted by Crippen LogP contribution is -2.31. The molecule has 24 heavy (non-hydrogen) atoms. The summed E-state index contributed by atoms with van der Waals surface area (Å²) < 4.78 is 11.0. The van der Waals surface area contributed by atoms with Crippen LogP contribution < -0.4 is 10.1 Å². The normalized spacial score (nSPS) is 11.5. The first kappa shape index (κ1) is 18.0. The highest BCUT2D eigenvalue weighted by Crippen LogP contribution is 2.16. The van der Waals surface area contributed by atoms with Crippen LogP contribution in [0.5, 0.6) is 5.75 Å². The van der Waals surface area contributed by atoms with Crippen LogP contribution in [0.4, 0.5) is 0 Å². The summed E-state index contributed by atoms with van der Waals surface area (Å²) in [6.07, 6.45) is 0. The van der Waals surface area contributed by atoms with Crippen molar-refractivity contribution in [2.75, 3.05) is 13.7 Å². The molecule has 0 saturated carbocycles. The van der Waals surface area contributed by atoms with Gasteiger partial charge in [-0.2, -0.15) is 0 Å². The summed E-state index contributed by atoms with van der Waals surface area (Å²) in [5, 5.41) is 2.79. The molecule has 2 aromatic rings. The summed E-state index contributed by atoms with van der Waals surface area (Å²) in [4.78, 5) is 23.8. The average Bonchev–Trinajstić information content (AvgIpc) is 2.60. The maximum absolute atomic E-state index is 11.9. The summed E-state index contributed by atoms with van der Waals surface area (Å²) in [6, 6.07) is 14.0. The lowest BCUT2D eigenvalue weighted by molar-refractivity contribution is -0.124. The Balaban J connectivity index is 1.83. The number of hydrogen-bond donors (Lipinski definition) is 1. The Bertz CT molecular complexity index is 698. The van der Waals surface area contributed by atoms with Crippen LogP contribution in [-0.4, -0.2) is 25.6 Å². The molecule has 6 heteroatoms. The number of methoxy groups -OCH3 is 1. The first-order valence-corrected chi connectivity index (χ1v) is 8.15. The molecule has 0 aliphatic rings. The van der Waals surface area contributed by atoms with Gasteiger partial charge >= 0.3 is 5.97 Å². The van der Waals surface area contributed by atoms with Gasteiger partial charge in [-0.25, -0.2) is 4.79 Å². The minimum atomic E-state index is -0.552. The molecule has 126 valence electrons. The number of ether oxygens (including phenoxy) is 2. The van der Waals surface area contributed by atoms with Crippen LogP contribution in [0.2, 0.25) is 0 Å². The second kappa shape index (κ2) is 8.49. The summed E-state index contributed by atoms with van der Waals surface area (Å²) >= 11 is 3.36. The van der Waals surface area contributed by atoms with Crippen LogP contribution in [0, 0.1) is 0 Å². The monoisotopic (exact) mass is 391 g/mol. The van der Waals surface area contributed by atoms with E-state index in [1.807, 2.05) is 31.2 Å². The van der Waals surface area contributed by atoms with E-state index in [0.717, 1.165) is 10.0 Å². The predicted octanol–water partition coefficient (Wildman–Crippen LogP) is 3.49. The van der Waals surface area contributed by atoms with Crippen molar-refractivity contribution in [3.63, 3.8) is 0 Å². The highest BCUT2D eigenvalue weighted by molar-refractivity contribution is 9.10. The van der Waals surface area contributed by atoms with Gasteiger partial charge in [0.25, 0.3) is 5.91 Å². The molecular formula is C18H18BrNO4. The average molecular weight is 392 g/mol. The van der Waals surface area contributed by atoms with E-state index in [0.29, 0.717) is 11.3 Å². The fourth-order valence-corrected chi connectivity index (χ4v) is 2.32. The van der Waals surface area contributed by atoms with Gasteiger partial charge in [-0.1, -0.05) is 28.1 Å². The van der Waals surface area contributed by atoms with E-state index >= 15 is 0 Å². The smallest absolute Gasteiger partial charge is 0.338 e. The quantitative estimate of drug-likeness (QED) is 0.765. The van der Waals surface area contributed by atoms with Crippen molar-refractivity contribution in [2.45, 2.75) is 13.0 Å². The van der Waals surface area contributed by atoms with Crippen molar-refractivity contribution in [2.24, 2.45) is 0 Å². The Morgan fingerprint density at radius 2 is 1.71 bits per heavy atom. The van der Waals surface area contributed by atoms with E-state index in [-0.39, 0.29) is 18.6 Å². The molecule has 0 unspecified atom stereocenters. The van der Waals surface area contributed by atoms with Crippen molar-refractivity contribution in [3.8, 4) is 5.75 Å². The standard InChI is InChI=1S/C18H18BrNO4/c1-12(13-3-7-15(19)8-4-13)20-17(21)11-24-18(22)14-5-9-16(23-2)10-6-14/h3-10,12H,11H2,1-2H3,(H,20,21)/t12-/m0/s1. The van der Waals surface area contributed by atoms with Crippen LogP contribution in [0.15, 0.2) is 53.0 Å². The molecule has 2 rings (SSSR count). The molecule has 1 atom stereocenters. The SMILES string of the molecule is COc1ccc(C(=O)OCC(=O)N[C@@H](C)c2ccc(Br)cc2)cc1. The zero-order chi connectivity index (χ0) is 17.5. The predicted molar refractivity (Wildman–Crippen MR) is 94.0 cm³/mol. The zero-order valence-corrected chi connectivity index (χ0v) is 15.0. The third kappa shape index (κ3) is 5.09. The van der Waals surface area contributed by atoms with Gasteiger partial charge in [0, 0.05) is 4.47 Å². The third-order valence-corrected chi connectivity index (χ3v) is 3.94. The lowest BCUT2D eigenvalue weighted by Gasteiger charge is -2.14. The van der Waals surface area contributed by atoms with Crippen LogP contribution in [0.3, 0.4) is 0 Å². The van der Waals surface area contributed by atoms with Crippen LogP contribution in [-0.2, 0) is 9.53 Å². The minimum Gasteiger partial charge on any atom is -0.497 e. The number of carbonyl (C=O) groups is 2. The first-order chi connectivity index (χ1) is 11.5. The number of carbonyl (C=O) groups excluding carboxylic acids is 2. The molecule has 0 radical (unpaired) electrons. The second-order valence-electron chi connectivity index (χ2n) is 5.15. The zero-order valence-electron chi connectivity index (χ0n) is 13.4. The Labute approximate surface area is 149 Å². The van der Waals surface area contributed by atoms with Gasteiger partial charge in [0.15, 0.2) is 6.61 Å². The number of halogens is 1. The Kier molecular flexibility index (Phi) is 6.37. The summed E-state index contributed by atoms with van der Waals surface area (Å²) in [5.41, 5.74) is 1.33. The molecule has 1 amide bonds. The van der Waals surface area contributed by atoms with E-state index in [1.54, 1.807) is 31.4 Å². The largest absolute Gasteiger partial charge is 0.497 e. The number of nitrogens with one attached hydrogen (secondary N) is 1. The molecule has 5 nitrogen and oxygen atoms in total. The molecule has 0 saturated heterocycles. The topological polar surface area (TPSA) is 64.6 Å². The van der Waals surface area contributed by atoms with Crippen molar-refractivity contribution < 1.29 is 19.1 Å². The summed E-state index contributed by atoms with van der Waals surface area (Å²) in [6.45, 7) is 1.54. The number of amides is 1. The van der Waals surface area contributed by atoms with Gasteiger partial charge in [-0.3, -0.25) is 4.79 Å². The maximum Gasteiger partial charge on any atom is 0.338 e. The molecule has 0 spiro atoms. The second-order valence-corrected chi connectivity index (χ2v) is 6.06. The molecule has 1 N–H and O–H groups in total. The molecule has 0 aliphatic heterocycles. The van der Waals surface area contributed by atoms with E-state index in [1.165, 1.54) is 0 Å².